The molecule has 0 atom stereocenters. The first-order valence-electron chi connectivity index (χ1n) is 10.5. The van der Waals surface area contributed by atoms with Crippen LogP contribution in [0.5, 0.6) is 5.75 Å². The van der Waals surface area contributed by atoms with E-state index in [-0.39, 0.29) is 12.2 Å². The minimum absolute atomic E-state index is 0.0719. The summed E-state index contributed by atoms with van der Waals surface area (Å²) in [6.07, 6.45) is 1.29. The van der Waals surface area contributed by atoms with Crippen LogP contribution in [0.15, 0.2) is 48.5 Å². The van der Waals surface area contributed by atoms with Crippen LogP contribution in [0.1, 0.15) is 55.2 Å². The topological polar surface area (TPSA) is 72.5 Å². The molecular formula is C24H32F3NO3. The minimum atomic E-state index is -4.38. The maximum atomic E-state index is 13.0. The summed E-state index contributed by atoms with van der Waals surface area (Å²) in [6, 6.07) is 14.5. The van der Waals surface area contributed by atoms with Crippen LogP contribution in [0.4, 0.5) is 13.2 Å². The van der Waals surface area contributed by atoms with Crippen molar-refractivity contribution in [2.75, 3.05) is 13.2 Å². The SMILES string of the molecule is Cc1ccc(OCCCCCCc2ccccc2)c(C(F)(F)F)c1.NCCCC(=O)O. The van der Waals surface area contributed by atoms with Gasteiger partial charge in [0.05, 0.1) is 12.2 Å². The molecule has 0 spiro atoms. The van der Waals surface area contributed by atoms with E-state index in [0.717, 1.165) is 38.2 Å². The molecule has 2 aromatic rings. The predicted molar refractivity (Wildman–Crippen MR) is 116 cm³/mol. The normalized spacial score (nSPS) is 10.9. The van der Waals surface area contributed by atoms with Gasteiger partial charge in [-0.15, -0.1) is 0 Å². The van der Waals surface area contributed by atoms with Crippen LogP contribution in [0.3, 0.4) is 0 Å². The van der Waals surface area contributed by atoms with Gasteiger partial charge in [-0.05, 0) is 56.8 Å². The number of carbonyl (C=O) groups is 1. The molecular weight excluding hydrogens is 407 g/mol. The van der Waals surface area contributed by atoms with Crippen molar-refractivity contribution in [3.8, 4) is 5.75 Å². The number of ether oxygens (including phenoxy) is 1. The Bertz CT molecular complexity index is 764. The maximum absolute atomic E-state index is 13.0. The molecule has 0 saturated carbocycles. The molecule has 4 nitrogen and oxygen atoms in total. The Morgan fingerprint density at radius 1 is 1.00 bits per heavy atom. The van der Waals surface area contributed by atoms with Gasteiger partial charge in [0.2, 0.25) is 0 Å². The van der Waals surface area contributed by atoms with Crippen molar-refractivity contribution in [2.24, 2.45) is 5.73 Å². The van der Waals surface area contributed by atoms with E-state index < -0.39 is 17.7 Å². The first-order valence-corrected chi connectivity index (χ1v) is 10.5. The van der Waals surface area contributed by atoms with E-state index in [0.29, 0.717) is 25.1 Å². The number of nitrogens with two attached hydrogens (primary N) is 1. The summed E-state index contributed by atoms with van der Waals surface area (Å²) in [4.78, 5) is 9.70. The van der Waals surface area contributed by atoms with Crippen molar-refractivity contribution in [1.29, 1.82) is 0 Å². The van der Waals surface area contributed by atoms with Gasteiger partial charge in [-0.25, -0.2) is 0 Å². The van der Waals surface area contributed by atoms with E-state index in [2.05, 4.69) is 12.1 Å². The third kappa shape index (κ3) is 12.0. The fourth-order valence-electron chi connectivity index (χ4n) is 2.86. The number of carboxylic acid groups (broad SMARTS) is 1. The Morgan fingerprint density at radius 3 is 2.26 bits per heavy atom. The average Bonchev–Trinajstić information content (AvgIpc) is 2.73. The van der Waals surface area contributed by atoms with Gasteiger partial charge < -0.3 is 15.6 Å². The van der Waals surface area contributed by atoms with E-state index in [1.165, 1.54) is 11.6 Å². The summed E-state index contributed by atoms with van der Waals surface area (Å²) in [5, 5.41) is 7.99. The van der Waals surface area contributed by atoms with Crippen molar-refractivity contribution in [3.05, 3.63) is 65.2 Å². The van der Waals surface area contributed by atoms with E-state index in [4.69, 9.17) is 15.6 Å². The largest absolute Gasteiger partial charge is 0.493 e. The summed E-state index contributed by atoms with van der Waals surface area (Å²) in [5.41, 5.74) is 6.23. The summed E-state index contributed by atoms with van der Waals surface area (Å²) in [5.74, 6) is -0.845. The second-order valence-electron chi connectivity index (χ2n) is 7.28. The van der Waals surface area contributed by atoms with Crippen LogP contribution in [-0.4, -0.2) is 24.2 Å². The van der Waals surface area contributed by atoms with Gasteiger partial charge in [-0.1, -0.05) is 54.8 Å². The van der Waals surface area contributed by atoms with Crippen molar-refractivity contribution in [2.45, 2.75) is 58.0 Å². The number of hydrogen-bond donors (Lipinski definition) is 2. The molecule has 0 saturated heterocycles. The van der Waals surface area contributed by atoms with Gasteiger partial charge in [-0.2, -0.15) is 13.2 Å². The smallest absolute Gasteiger partial charge is 0.419 e. The summed E-state index contributed by atoms with van der Waals surface area (Å²) >= 11 is 0. The van der Waals surface area contributed by atoms with Gasteiger partial charge in [0, 0.05) is 6.42 Å². The molecule has 2 rings (SSSR count). The fourth-order valence-corrected chi connectivity index (χ4v) is 2.86. The maximum Gasteiger partial charge on any atom is 0.419 e. The number of halogens is 3. The quantitative estimate of drug-likeness (QED) is 0.421. The first kappa shape index (κ1) is 26.5. The minimum Gasteiger partial charge on any atom is -0.493 e. The fraction of sp³-hybridized carbons (Fsp3) is 0.458. The highest BCUT2D eigenvalue weighted by Gasteiger charge is 2.34. The van der Waals surface area contributed by atoms with Gasteiger partial charge >= 0.3 is 12.1 Å². The molecule has 2 aromatic carbocycles. The highest BCUT2D eigenvalue weighted by molar-refractivity contribution is 5.66. The van der Waals surface area contributed by atoms with Crippen LogP contribution in [0.25, 0.3) is 0 Å². The van der Waals surface area contributed by atoms with Gasteiger partial charge in [0.25, 0.3) is 0 Å². The summed E-state index contributed by atoms with van der Waals surface area (Å²) in [6.45, 7) is 2.43. The van der Waals surface area contributed by atoms with Crippen molar-refractivity contribution < 1.29 is 27.8 Å². The van der Waals surface area contributed by atoms with E-state index in [1.54, 1.807) is 13.0 Å². The Labute approximate surface area is 182 Å². The number of benzene rings is 2. The molecule has 172 valence electrons. The molecule has 0 bridgehead atoms. The number of rotatable bonds is 11. The van der Waals surface area contributed by atoms with Crippen LogP contribution in [-0.2, 0) is 17.4 Å². The standard InChI is InChI=1S/C20H23F3O.C4H9NO2/c1-16-12-13-19(18(15-16)20(21,22)23)24-14-8-3-2-5-9-17-10-6-4-7-11-17;5-3-1-2-4(6)7/h4,6-7,10-13,15H,2-3,5,8-9,14H2,1H3;1-3,5H2,(H,6,7). The second kappa shape index (κ2) is 14.5. The third-order valence-electron chi connectivity index (χ3n) is 4.50. The van der Waals surface area contributed by atoms with Crippen molar-refractivity contribution in [1.82, 2.24) is 0 Å². The Balaban J connectivity index is 0.000000592. The molecule has 0 radical (unpaired) electrons. The van der Waals surface area contributed by atoms with Crippen LogP contribution in [0.2, 0.25) is 0 Å². The molecule has 0 aliphatic rings. The number of aryl methyl sites for hydroxylation is 2. The molecule has 0 heterocycles. The molecule has 7 heteroatoms. The van der Waals surface area contributed by atoms with E-state index in [9.17, 15) is 18.0 Å². The van der Waals surface area contributed by atoms with E-state index in [1.807, 2.05) is 18.2 Å². The highest BCUT2D eigenvalue weighted by Crippen LogP contribution is 2.36. The lowest BCUT2D eigenvalue weighted by atomic mass is 10.1. The third-order valence-corrected chi connectivity index (χ3v) is 4.50. The monoisotopic (exact) mass is 439 g/mol. The number of carboxylic acids is 1. The molecule has 0 aromatic heterocycles. The lowest BCUT2D eigenvalue weighted by Gasteiger charge is -2.14. The Kier molecular flexibility index (Phi) is 12.4. The molecule has 0 unspecified atom stereocenters. The lowest BCUT2D eigenvalue weighted by molar-refractivity contribution is -0.139. The molecule has 31 heavy (non-hydrogen) atoms. The zero-order valence-electron chi connectivity index (χ0n) is 18.0. The molecule has 0 amide bonds. The number of alkyl halides is 3. The van der Waals surface area contributed by atoms with Gasteiger partial charge in [-0.3, -0.25) is 4.79 Å². The van der Waals surface area contributed by atoms with Gasteiger partial charge in [0.1, 0.15) is 5.75 Å². The predicted octanol–water partition coefficient (Wildman–Crippen LogP) is 6.01. The second-order valence-corrected chi connectivity index (χ2v) is 7.28. The lowest BCUT2D eigenvalue weighted by Crippen LogP contribution is -2.09. The zero-order chi connectivity index (χ0) is 23.1. The number of unbranched alkanes of at least 4 members (excludes halogenated alkanes) is 3. The average molecular weight is 440 g/mol. The number of aliphatic carboxylic acids is 1. The molecule has 0 aliphatic heterocycles. The summed E-state index contributed by atoms with van der Waals surface area (Å²) in [7, 11) is 0. The molecule has 3 N–H and O–H groups in total. The molecule has 0 aliphatic carbocycles. The molecule has 0 fully saturated rings. The van der Waals surface area contributed by atoms with E-state index >= 15 is 0 Å². The Morgan fingerprint density at radius 2 is 1.68 bits per heavy atom. The first-order chi connectivity index (χ1) is 14.7. The highest BCUT2D eigenvalue weighted by atomic mass is 19.4. The van der Waals surface area contributed by atoms with Crippen LogP contribution in [0, 0.1) is 6.92 Å². The summed E-state index contributed by atoms with van der Waals surface area (Å²) < 4.78 is 44.3. The van der Waals surface area contributed by atoms with Crippen molar-refractivity contribution >= 4 is 5.97 Å². The zero-order valence-corrected chi connectivity index (χ0v) is 18.0. The Hall–Kier alpha value is -2.54. The number of hydrogen-bond acceptors (Lipinski definition) is 3. The van der Waals surface area contributed by atoms with Gasteiger partial charge in [0.15, 0.2) is 0 Å². The van der Waals surface area contributed by atoms with Crippen LogP contribution < -0.4 is 10.5 Å². The van der Waals surface area contributed by atoms with Crippen molar-refractivity contribution in [3.63, 3.8) is 0 Å². The van der Waals surface area contributed by atoms with Crippen LogP contribution >= 0.6 is 0 Å².